The van der Waals surface area contributed by atoms with Crippen LogP contribution in [0, 0.1) is 13.8 Å². The monoisotopic (exact) mass is 249 g/mol. The minimum absolute atomic E-state index is 0.189. The Kier molecular flexibility index (Phi) is 3.61. The Morgan fingerprint density at radius 2 is 2.06 bits per heavy atom. The van der Waals surface area contributed by atoms with Crippen LogP contribution in [0.2, 0.25) is 0 Å². The van der Waals surface area contributed by atoms with Gasteiger partial charge >= 0.3 is 0 Å². The van der Waals surface area contributed by atoms with Crippen LogP contribution in [-0.4, -0.2) is 33.4 Å². The normalized spacial score (nSPS) is 17.7. The first kappa shape index (κ1) is 13.0. The Bertz CT molecular complexity index is 454. The number of hydrogen-bond donors (Lipinski definition) is 2. The summed E-state index contributed by atoms with van der Waals surface area (Å²) in [6.07, 6.45) is 3.59. The van der Waals surface area contributed by atoms with Gasteiger partial charge in [0, 0.05) is 6.54 Å². The van der Waals surface area contributed by atoms with Crippen LogP contribution in [0.4, 0.5) is 0 Å². The highest BCUT2D eigenvalue weighted by atomic mass is 16.3. The SMILES string of the molecule is Cc1cc(C(=O)NCC2(O)CCCC2)c(C)nn1. The van der Waals surface area contributed by atoms with Gasteiger partial charge in [0.1, 0.15) is 0 Å². The summed E-state index contributed by atoms with van der Waals surface area (Å²) in [7, 11) is 0. The van der Waals surface area contributed by atoms with Gasteiger partial charge < -0.3 is 10.4 Å². The van der Waals surface area contributed by atoms with Crippen molar-refractivity contribution in [3.05, 3.63) is 23.0 Å². The van der Waals surface area contributed by atoms with Gasteiger partial charge in [-0.2, -0.15) is 10.2 Å². The summed E-state index contributed by atoms with van der Waals surface area (Å²) in [6.45, 7) is 3.87. The average molecular weight is 249 g/mol. The van der Waals surface area contributed by atoms with Crippen LogP contribution in [-0.2, 0) is 0 Å². The van der Waals surface area contributed by atoms with Crippen molar-refractivity contribution in [3.63, 3.8) is 0 Å². The average Bonchev–Trinajstić information content (AvgIpc) is 2.77. The quantitative estimate of drug-likeness (QED) is 0.842. The molecule has 1 amide bonds. The molecule has 0 aromatic carbocycles. The second kappa shape index (κ2) is 5.02. The Hall–Kier alpha value is -1.49. The number of rotatable bonds is 3. The number of amides is 1. The van der Waals surface area contributed by atoms with Gasteiger partial charge in [0.25, 0.3) is 5.91 Å². The Balaban J connectivity index is 2.01. The van der Waals surface area contributed by atoms with Gasteiger partial charge in [0.15, 0.2) is 0 Å². The summed E-state index contributed by atoms with van der Waals surface area (Å²) in [5.41, 5.74) is 1.13. The maximum atomic E-state index is 12.0. The zero-order chi connectivity index (χ0) is 13.2. The second-order valence-electron chi connectivity index (χ2n) is 5.10. The molecule has 2 N–H and O–H groups in total. The molecule has 0 spiro atoms. The van der Waals surface area contributed by atoms with Crippen molar-refractivity contribution in [3.8, 4) is 0 Å². The highest BCUT2D eigenvalue weighted by molar-refractivity contribution is 5.95. The molecule has 18 heavy (non-hydrogen) atoms. The lowest BCUT2D eigenvalue weighted by atomic mass is 10.0. The van der Waals surface area contributed by atoms with Gasteiger partial charge in [-0.3, -0.25) is 4.79 Å². The summed E-state index contributed by atoms with van der Waals surface area (Å²) >= 11 is 0. The van der Waals surface area contributed by atoms with Crippen molar-refractivity contribution in [1.82, 2.24) is 15.5 Å². The lowest BCUT2D eigenvalue weighted by molar-refractivity contribution is 0.0449. The van der Waals surface area contributed by atoms with E-state index in [0.29, 0.717) is 23.5 Å². The number of aromatic nitrogens is 2. The van der Waals surface area contributed by atoms with Crippen LogP contribution < -0.4 is 5.32 Å². The van der Waals surface area contributed by atoms with Crippen molar-refractivity contribution < 1.29 is 9.90 Å². The summed E-state index contributed by atoms with van der Waals surface area (Å²) in [4.78, 5) is 12.0. The predicted octanol–water partition coefficient (Wildman–Crippen LogP) is 1.13. The molecule has 1 saturated carbocycles. The van der Waals surface area contributed by atoms with E-state index in [1.165, 1.54) is 0 Å². The fourth-order valence-corrected chi connectivity index (χ4v) is 2.33. The first-order valence-electron chi connectivity index (χ1n) is 6.32. The number of nitrogens with zero attached hydrogens (tertiary/aromatic N) is 2. The molecular weight excluding hydrogens is 230 g/mol. The molecule has 1 aromatic rings. The van der Waals surface area contributed by atoms with Gasteiger partial charge in [-0.25, -0.2) is 0 Å². The topological polar surface area (TPSA) is 75.1 Å². The maximum Gasteiger partial charge on any atom is 0.253 e. The molecule has 2 rings (SSSR count). The van der Waals surface area contributed by atoms with Crippen LogP contribution in [0.3, 0.4) is 0 Å². The molecule has 0 aliphatic heterocycles. The number of aryl methyl sites for hydroxylation is 2. The summed E-state index contributed by atoms with van der Waals surface area (Å²) in [5, 5.41) is 20.8. The molecule has 1 fully saturated rings. The molecule has 0 radical (unpaired) electrons. The largest absolute Gasteiger partial charge is 0.388 e. The van der Waals surface area contributed by atoms with Crippen molar-refractivity contribution in [1.29, 1.82) is 0 Å². The van der Waals surface area contributed by atoms with E-state index in [9.17, 15) is 9.90 Å². The van der Waals surface area contributed by atoms with Crippen LogP contribution in [0.5, 0.6) is 0 Å². The smallest absolute Gasteiger partial charge is 0.253 e. The van der Waals surface area contributed by atoms with Gasteiger partial charge in [-0.1, -0.05) is 12.8 Å². The maximum absolute atomic E-state index is 12.0. The van der Waals surface area contributed by atoms with Gasteiger partial charge in [-0.15, -0.1) is 0 Å². The summed E-state index contributed by atoms with van der Waals surface area (Å²) in [5.74, 6) is -0.189. The highest BCUT2D eigenvalue weighted by Crippen LogP contribution is 2.28. The number of carbonyl (C=O) groups is 1. The zero-order valence-corrected chi connectivity index (χ0v) is 10.9. The first-order valence-corrected chi connectivity index (χ1v) is 6.32. The molecule has 1 aliphatic carbocycles. The van der Waals surface area contributed by atoms with E-state index in [4.69, 9.17) is 0 Å². The molecule has 1 heterocycles. The third-order valence-electron chi connectivity index (χ3n) is 3.46. The minimum Gasteiger partial charge on any atom is -0.388 e. The molecular formula is C13H19N3O2. The molecule has 0 atom stereocenters. The van der Waals surface area contributed by atoms with Gasteiger partial charge in [-0.05, 0) is 32.8 Å². The molecule has 0 unspecified atom stereocenters. The first-order chi connectivity index (χ1) is 8.50. The van der Waals surface area contributed by atoms with Gasteiger partial charge in [0.2, 0.25) is 0 Å². The predicted molar refractivity (Wildman–Crippen MR) is 67.3 cm³/mol. The number of hydrogen-bond acceptors (Lipinski definition) is 4. The zero-order valence-electron chi connectivity index (χ0n) is 10.9. The minimum atomic E-state index is -0.723. The Labute approximate surface area is 107 Å². The summed E-state index contributed by atoms with van der Waals surface area (Å²) in [6, 6.07) is 1.72. The Morgan fingerprint density at radius 3 is 2.72 bits per heavy atom. The van der Waals surface area contributed by atoms with E-state index in [-0.39, 0.29) is 5.91 Å². The van der Waals surface area contributed by atoms with Crippen LogP contribution in [0.25, 0.3) is 0 Å². The van der Waals surface area contributed by atoms with Crippen molar-refractivity contribution in [2.45, 2.75) is 45.1 Å². The van der Waals surface area contributed by atoms with Crippen LogP contribution in [0.1, 0.15) is 47.4 Å². The van der Waals surface area contributed by atoms with E-state index in [2.05, 4.69) is 15.5 Å². The van der Waals surface area contributed by atoms with Crippen LogP contribution in [0.15, 0.2) is 6.07 Å². The van der Waals surface area contributed by atoms with Crippen LogP contribution >= 0.6 is 0 Å². The van der Waals surface area contributed by atoms with E-state index in [0.717, 1.165) is 25.7 Å². The highest BCUT2D eigenvalue weighted by Gasteiger charge is 2.31. The fraction of sp³-hybridized carbons (Fsp3) is 0.615. The number of aliphatic hydroxyl groups is 1. The molecule has 1 aromatic heterocycles. The molecule has 5 nitrogen and oxygen atoms in total. The third kappa shape index (κ3) is 2.85. The fourth-order valence-electron chi connectivity index (χ4n) is 2.33. The van der Waals surface area contributed by atoms with Gasteiger partial charge in [0.05, 0.1) is 22.6 Å². The lowest BCUT2D eigenvalue weighted by Gasteiger charge is -2.22. The third-order valence-corrected chi connectivity index (χ3v) is 3.46. The van der Waals surface area contributed by atoms with Crippen molar-refractivity contribution in [2.24, 2.45) is 0 Å². The molecule has 1 aliphatic rings. The molecule has 98 valence electrons. The molecule has 0 saturated heterocycles. The van der Waals surface area contributed by atoms with E-state index in [1.807, 2.05) is 0 Å². The molecule has 5 heteroatoms. The van der Waals surface area contributed by atoms with E-state index >= 15 is 0 Å². The summed E-state index contributed by atoms with van der Waals surface area (Å²) < 4.78 is 0. The lowest BCUT2D eigenvalue weighted by Crippen LogP contribution is -2.41. The Morgan fingerprint density at radius 1 is 1.39 bits per heavy atom. The standard InChI is InChI=1S/C13H19N3O2/c1-9-7-11(10(2)16-15-9)12(17)14-8-13(18)5-3-4-6-13/h7,18H,3-6,8H2,1-2H3,(H,14,17). The van der Waals surface area contributed by atoms with E-state index < -0.39 is 5.60 Å². The number of nitrogens with one attached hydrogen (secondary N) is 1. The molecule has 0 bridgehead atoms. The number of carbonyl (C=O) groups excluding carboxylic acids is 1. The van der Waals surface area contributed by atoms with E-state index in [1.54, 1.807) is 19.9 Å². The van der Waals surface area contributed by atoms with Crippen molar-refractivity contribution >= 4 is 5.91 Å². The van der Waals surface area contributed by atoms with Crippen molar-refractivity contribution in [2.75, 3.05) is 6.54 Å². The second-order valence-corrected chi connectivity index (χ2v) is 5.10.